The molecule has 0 aliphatic carbocycles. The molecule has 0 saturated carbocycles. The van der Waals surface area contributed by atoms with Crippen LogP contribution in [0.2, 0.25) is 0 Å². The van der Waals surface area contributed by atoms with Gasteiger partial charge in [-0.1, -0.05) is 0 Å². The van der Waals surface area contributed by atoms with Gasteiger partial charge in [0.05, 0.1) is 24.5 Å². The van der Waals surface area contributed by atoms with Crippen LogP contribution in [-0.4, -0.2) is 34.7 Å². The molecule has 0 aromatic heterocycles. The Morgan fingerprint density at radius 3 is 1.70 bits per heavy atom. The van der Waals surface area contributed by atoms with Crippen LogP contribution in [0.25, 0.3) is 0 Å². The maximum Gasteiger partial charge on any atom is 0.0833 e. The van der Waals surface area contributed by atoms with Crippen LogP contribution < -0.4 is 0 Å². The van der Waals surface area contributed by atoms with E-state index in [4.69, 9.17) is 10.2 Å². The SMILES string of the molecule is CC(C)(C)N=C(CO)CO. The highest BCUT2D eigenvalue weighted by Gasteiger charge is 2.07. The highest BCUT2D eigenvalue weighted by molar-refractivity contribution is 5.86. The normalized spacial score (nSPS) is 11.3. The van der Waals surface area contributed by atoms with Gasteiger partial charge in [0.15, 0.2) is 0 Å². The highest BCUT2D eigenvalue weighted by atomic mass is 16.3. The van der Waals surface area contributed by atoms with Gasteiger partial charge in [-0.2, -0.15) is 0 Å². The van der Waals surface area contributed by atoms with Gasteiger partial charge in [0.1, 0.15) is 0 Å². The summed E-state index contributed by atoms with van der Waals surface area (Å²) >= 11 is 0. The van der Waals surface area contributed by atoms with Crippen molar-refractivity contribution in [3.05, 3.63) is 0 Å². The van der Waals surface area contributed by atoms with Gasteiger partial charge in [-0.3, -0.25) is 4.99 Å². The molecule has 0 spiro atoms. The van der Waals surface area contributed by atoms with Gasteiger partial charge in [-0.15, -0.1) is 0 Å². The van der Waals surface area contributed by atoms with Crippen LogP contribution in [0.5, 0.6) is 0 Å². The predicted octanol–water partition coefficient (Wildman–Crippen LogP) is 0.211. The molecule has 0 amide bonds. The van der Waals surface area contributed by atoms with Gasteiger partial charge in [0, 0.05) is 0 Å². The quantitative estimate of drug-likeness (QED) is 0.546. The van der Waals surface area contributed by atoms with Crippen molar-refractivity contribution in [2.75, 3.05) is 13.2 Å². The van der Waals surface area contributed by atoms with Crippen molar-refractivity contribution in [3.63, 3.8) is 0 Å². The minimum atomic E-state index is -0.208. The predicted molar refractivity (Wildman–Crippen MR) is 41.4 cm³/mol. The molecule has 0 saturated heterocycles. The number of aliphatic hydroxyl groups is 2. The lowest BCUT2D eigenvalue weighted by Gasteiger charge is -2.13. The summed E-state index contributed by atoms with van der Waals surface area (Å²) in [5, 5.41) is 17.2. The summed E-state index contributed by atoms with van der Waals surface area (Å²) in [7, 11) is 0. The molecule has 2 N–H and O–H groups in total. The van der Waals surface area contributed by atoms with E-state index in [9.17, 15) is 0 Å². The van der Waals surface area contributed by atoms with E-state index in [0.29, 0.717) is 5.71 Å². The van der Waals surface area contributed by atoms with Crippen LogP contribution in [0.15, 0.2) is 4.99 Å². The summed E-state index contributed by atoms with van der Waals surface area (Å²) in [4.78, 5) is 4.06. The molecule has 0 aromatic carbocycles. The van der Waals surface area contributed by atoms with E-state index in [1.807, 2.05) is 20.8 Å². The van der Waals surface area contributed by atoms with Crippen molar-refractivity contribution in [1.82, 2.24) is 0 Å². The van der Waals surface area contributed by atoms with Crippen LogP contribution in [0.1, 0.15) is 20.8 Å². The maximum atomic E-state index is 8.60. The molecular weight excluding hydrogens is 130 g/mol. The van der Waals surface area contributed by atoms with E-state index in [-0.39, 0.29) is 18.8 Å². The van der Waals surface area contributed by atoms with Crippen LogP contribution in [-0.2, 0) is 0 Å². The third-order valence-corrected chi connectivity index (χ3v) is 0.859. The fraction of sp³-hybridized carbons (Fsp3) is 0.857. The number of hydrogen-bond acceptors (Lipinski definition) is 3. The molecule has 0 radical (unpaired) electrons. The molecule has 0 atom stereocenters. The minimum Gasteiger partial charge on any atom is -0.390 e. The first kappa shape index (κ1) is 9.59. The molecule has 0 aliphatic rings. The molecule has 10 heavy (non-hydrogen) atoms. The summed E-state index contributed by atoms with van der Waals surface area (Å²) in [6.45, 7) is 5.43. The van der Waals surface area contributed by atoms with Crippen molar-refractivity contribution < 1.29 is 10.2 Å². The van der Waals surface area contributed by atoms with E-state index in [1.165, 1.54) is 0 Å². The zero-order valence-corrected chi connectivity index (χ0v) is 6.76. The van der Waals surface area contributed by atoms with E-state index < -0.39 is 0 Å². The van der Waals surface area contributed by atoms with Crippen LogP contribution in [0.4, 0.5) is 0 Å². The lowest BCUT2D eigenvalue weighted by Crippen LogP contribution is -2.19. The fourth-order valence-electron chi connectivity index (χ4n) is 0.595. The summed E-state index contributed by atoms with van der Waals surface area (Å²) in [5.74, 6) is 0. The van der Waals surface area contributed by atoms with Gasteiger partial charge in [-0.05, 0) is 20.8 Å². The molecule has 0 aromatic rings. The second-order valence-electron chi connectivity index (χ2n) is 3.17. The van der Waals surface area contributed by atoms with Crippen molar-refractivity contribution in [2.45, 2.75) is 26.3 Å². The first-order valence-electron chi connectivity index (χ1n) is 3.29. The monoisotopic (exact) mass is 145 g/mol. The van der Waals surface area contributed by atoms with Crippen molar-refractivity contribution in [1.29, 1.82) is 0 Å². The number of aliphatic imine (C=N–C) groups is 1. The zero-order valence-electron chi connectivity index (χ0n) is 6.76. The lowest BCUT2D eigenvalue weighted by molar-refractivity contribution is 0.316. The molecule has 0 aliphatic heterocycles. The second kappa shape index (κ2) is 3.68. The Morgan fingerprint density at radius 2 is 1.60 bits per heavy atom. The lowest BCUT2D eigenvalue weighted by atomic mass is 10.1. The fourth-order valence-corrected chi connectivity index (χ4v) is 0.595. The van der Waals surface area contributed by atoms with Gasteiger partial charge < -0.3 is 10.2 Å². The van der Waals surface area contributed by atoms with Gasteiger partial charge >= 0.3 is 0 Å². The first-order chi connectivity index (χ1) is 4.49. The molecule has 3 nitrogen and oxygen atoms in total. The van der Waals surface area contributed by atoms with Gasteiger partial charge in [0.2, 0.25) is 0 Å². The molecule has 0 fully saturated rings. The van der Waals surface area contributed by atoms with Crippen LogP contribution >= 0.6 is 0 Å². The van der Waals surface area contributed by atoms with E-state index in [1.54, 1.807) is 0 Å². The Bertz CT molecular complexity index is 118. The van der Waals surface area contributed by atoms with Gasteiger partial charge in [-0.25, -0.2) is 0 Å². The number of aliphatic hydroxyl groups excluding tert-OH is 2. The van der Waals surface area contributed by atoms with Crippen LogP contribution in [0.3, 0.4) is 0 Å². The summed E-state index contributed by atoms with van der Waals surface area (Å²) in [6, 6.07) is 0. The highest BCUT2D eigenvalue weighted by Crippen LogP contribution is 2.06. The average Bonchev–Trinajstić information content (AvgIpc) is 1.81. The van der Waals surface area contributed by atoms with E-state index in [0.717, 1.165) is 0 Å². The van der Waals surface area contributed by atoms with Gasteiger partial charge in [0.25, 0.3) is 0 Å². The second-order valence-corrected chi connectivity index (χ2v) is 3.17. The van der Waals surface area contributed by atoms with Crippen molar-refractivity contribution in [2.24, 2.45) is 4.99 Å². The molecule has 0 heterocycles. The van der Waals surface area contributed by atoms with Crippen molar-refractivity contribution >= 4 is 5.71 Å². The standard InChI is InChI=1S/C7H15NO2/c1-7(2,3)8-6(4-9)5-10/h9-10H,4-5H2,1-3H3. The molecule has 0 unspecified atom stereocenters. The Kier molecular flexibility index (Phi) is 3.53. The number of hydrogen-bond donors (Lipinski definition) is 2. The number of nitrogens with zero attached hydrogens (tertiary/aromatic N) is 1. The zero-order chi connectivity index (χ0) is 8.20. The largest absolute Gasteiger partial charge is 0.390 e. The Morgan fingerprint density at radius 1 is 1.20 bits per heavy atom. The third kappa shape index (κ3) is 4.47. The summed E-state index contributed by atoms with van der Waals surface area (Å²) in [5.41, 5.74) is 0.230. The Balaban J connectivity index is 4.11. The maximum absolute atomic E-state index is 8.60. The summed E-state index contributed by atoms with van der Waals surface area (Å²) in [6.07, 6.45) is 0. The molecule has 60 valence electrons. The summed E-state index contributed by atoms with van der Waals surface area (Å²) < 4.78 is 0. The molecule has 0 rings (SSSR count). The Labute approximate surface area is 61.4 Å². The smallest absolute Gasteiger partial charge is 0.0833 e. The molecule has 0 bridgehead atoms. The first-order valence-corrected chi connectivity index (χ1v) is 3.29. The number of rotatable bonds is 2. The molecular formula is C7H15NO2. The topological polar surface area (TPSA) is 52.8 Å². The Hall–Kier alpha value is -0.410. The van der Waals surface area contributed by atoms with Crippen LogP contribution in [0, 0.1) is 0 Å². The van der Waals surface area contributed by atoms with Crippen molar-refractivity contribution in [3.8, 4) is 0 Å². The minimum absolute atomic E-state index is 0.159. The van der Waals surface area contributed by atoms with E-state index >= 15 is 0 Å². The third-order valence-electron chi connectivity index (χ3n) is 0.859. The molecule has 3 heteroatoms. The van der Waals surface area contributed by atoms with E-state index in [2.05, 4.69) is 4.99 Å². The average molecular weight is 145 g/mol.